The molecule has 0 fully saturated rings. The number of hydrogen-bond acceptors (Lipinski definition) is 3. The summed E-state index contributed by atoms with van der Waals surface area (Å²) in [6, 6.07) is 48.0. The van der Waals surface area contributed by atoms with Crippen molar-refractivity contribution in [2.75, 3.05) is 0 Å². The number of benzene rings is 6. The fourth-order valence-corrected chi connectivity index (χ4v) is 14.3. The molecule has 0 saturated carbocycles. The van der Waals surface area contributed by atoms with Crippen molar-refractivity contribution < 1.29 is 14.6 Å². The van der Waals surface area contributed by atoms with Crippen LogP contribution in [0.15, 0.2) is 140 Å². The van der Waals surface area contributed by atoms with Gasteiger partial charge in [0, 0.05) is 84.4 Å². The summed E-state index contributed by atoms with van der Waals surface area (Å²) in [6.07, 6.45) is 23.8. The zero-order valence-corrected chi connectivity index (χ0v) is 49.7. The Morgan fingerprint density at radius 3 is 2.11 bits per heavy atom. The average molecular weight is 1120 g/mol. The van der Waals surface area contributed by atoms with Crippen molar-refractivity contribution in [3.63, 3.8) is 0 Å². The number of fused-ring (bicyclic) bond motifs is 13. The number of ether oxygens (including phenoxy) is 1. The van der Waals surface area contributed by atoms with Crippen LogP contribution in [0.1, 0.15) is 169 Å². The highest BCUT2D eigenvalue weighted by Gasteiger charge is 2.24. The third-order valence-corrected chi connectivity index (χ3v) is 18.5. The second kappa shape index (κ2) is 25.5. The molecular weight excluding hydrogens is 1040 g/mol. The molecular formula is C74H80ClN5O3. The van der Waals surface area contributed by atoms with Crippen molar-refractivity contribution in [2.45, 2.75) is 168 Å². The highest BCUT2D eigenvalue weighted by Crippen LogP contribution is 2.38. The van der Waals surface area contributed by atoms with Crippen molar-refractivity contribution in [2.24, 2.45) is 0 Å². The number of aromatic amines is 2. The van der Waals surface area contributed by atoms with E-state index in [-0.39, 0.29) is 0 Å². The number of halogens is 1. The quantitative estimate of drug-likeness (QED) is 0.138. The highest BCUT2D eigenvalue weighted by molar-refractivity contribution is 6.31. The van der Waals surface area contributed by atoms with E-state index in [0.717, 1.165) is 64.2 Å². The van der Waals surface area contributed by atoms with E-state index < -0.39 is 5.97 Å². The number of carboxylic acids is 1. The number of carbonyl (C=O) groups is 1. The molecule has 5 heterocycles. The number of H-pyrrole nitrogens is 2. The minimum Gasteiger partial charge on any atom is -0.487 e. The molecule has 0 aliphatic heterocycles. The zero-order valence-electron chi connectivity index (χ0n) is 48.9. The van der Waals surface area contributed by atoms with Gasteiger partial charge in [-0.05, 0) is 205 Å². The van der Waals surface area contributed by atoms with Gasteiger partial charge in [0.1, 0.15) is 12.4 Å². The zero-order chi connectivity index (χ0) is 56.8. The minimum absolute atomic E-state index is 0.415. The minimum atomic E-state index is -0.844. The van der Waals surface area contributed by atoms with Gasteiger partial charge in [-0.1, -0.05) is 129 Å². The summed E-state index contributed by atoms with van der Waals surface area (Å²) in [5, 5.41) is 17.0. The maximum Gasteiger partial charge on any atom is 0.337 e. The van der Waals surface area contributed by atoms with E-state index in [1.807, 2.05) is 30.3 Å². The molecule has 426 valence electrons. The van der Waals surface area contributed by atoms with Crippen LogP contribution in [-0.4, -0.2) is 35.2 Å². The summed E-state index contributed by atoms with van der Waals surface area (Å²) in [4.78, 5) is 23.7. The summed E-state index contributed by atoms with van der Waals surface area (Å²) in [7, 11) is 0. The Morgan fingerprint density at radius 2 is 1.30 bits per heavy atom. The Hall–Kier alpha value is -7.55. The number of aryl methyl sites for hydroxylation is 7. The van der Waals surface area contributed by atoms with Gasteiger partial charge in [0.25, 0.3) is 0 Å². The molecule has 9 heteroatoms. The predicted molar refractivity (Wildman–Crippen MR) is 344 cm³/mol. The molecule has 1 atom stereocenters. The largest absolute Gasteiger partial charge is 0.487 e. The summed E-state index contributed by atoms with van der Waals surface area (Å²) in [5.41, 5.74) is 21.5. The first-order chi connectivity index (χ1) is 40.7. The fraction of sp³-hybridized carbons (Fsp3) is 0.351. The lowest BCUT2D eigenvalue weighted by Crippen LogP contribution is -2.08. The van der Waals surface area contributed by atoms with Gasteiger partial charge in [0.05, 0.1) is 22.3 Å². The number of aromatic carboxylic acids is 1. The molecule has 3 N–H and O–H groups in total. The number of pyridine rings is 1. The van der Waals surface area contributed by atoms with E-state index in [0.29, 0.717) is 18.1 Å². The number of nitrogens with zero attached hydrogens (tertiary/aromatic N) is 3. The van der Waals surface area contributed by atoms with Gasteiger partial charge in [-0.15, -0.1) is 0 Å². The number of hydrogen-bond donors (Lipinski definition) is 3. The molecule has 8 nitrogen and oxygen atoms in total. The van der Waals surface area contributed by atoms with Gasteiger partial charge in [-0.25, -0.2) is 9.78 Å². The molecule has 0 amide bonds. The fourth-order valence-electron chi connectivity index (χ4n) is 14.2. The maximum absolute atomic E-state index is 11.8. The lowest BCUT2D eigenvalue weighted by Gasteiger charge is -2.13. The summed E-state index contributed by atoms with van der Waals surface area (Å²) in [6.45, 7) is 8.93. The van der Waals surface area contributed by atoms with Crippen molar-refractivity contribution in [3.05, 3.63) is 212 Å². The molecule has 0 spiro atoms. The van der Waals surface area contributed by atoms with Crippen LogP contribution < -0.4 is 4.74 Å². The Kier molecular flexibility index (Phi) is 17.2. The molecule has 83 heavy (non-hydrogen) atoms. The summed E-state index contributed by atoms with van der Waals surface area (Å²) >= 11 is 6.08. The topological polar surface area (TPSA) is 101 Å². The third kappa shape index (κ3) is 12.1. The Labute approximate surface area is 494 Å². The highest BCUT2D eigenvalue weighted by atomic mass is 35.5. The van der Waals surface area contributed by atoms with Crippen LogP contribution in [-0.2, 0) is 64.6 Å². The van der Waals surface area contributed by atoms with E-state index in [1.54, 1.807) is 22.9 Å². The van der Waals surface area contributed by atoms with Crippen LogP contribution in [0.4, 0.5) is 0 Å². The second-order valence-electron chi connectivity index (χ2n) is 23.8. The normalized spacial score (nSPS) is 15.9. The average Bonchev–Trinajstić information content (AvgIpc) is 4.17. The molecule has 4 aliphatic rings. The molecule has 0 bridgehead atoms. The first-order valence-corrected chi connectivity index (χ1v) is 31.5. The second-order valence-corrected chi connectivity index (χ2v) is 24.2. The predicted octanol–water partition coefficient (Wildman–Crippen LogP) is 19.1. The van der Waals surface area contributed by atoms with Crippen molar-refractivity contribution in [1.82, 2.24) is 24.1 Å². The standard InChI is InChI=1S/C25H26N2O.C22H23NO2.C14H16ClN.C13H15N/c1-2-27-24-11-5-3-4-9-21(24)22-16-20(14-15-25(22)27)28-17-19-13-12-18-8-6-7-10-23(18)26-19;1-15-7-5-8-16(13-15)14-23-20-12-4-2-3-9-17(20)18-10-6-11-19(21(18)23)22(24)25;1-9-4-2-3-5-11-12-8-10(15)6-7-13(12)16-14(9)11;1-2-6-10-11-7-4-5-9-13(11)14-12(10)8-3-1/h6-8,10,12-16H,2-5,9,11,17H2,1H3;5-8,10-11,13H,2-4,9,12,14H2,1H3,(H,24,25);6-9,16H,2-5H2,1H3;4-5,7,9,14H,1-3,6,8H2/t;;9-;/m..0./s1. The number of aromatic nitrogens is 5. The first-order valence-electron chi connectivity index (χ1n) is 31.1. The Bertz CT molecular complexity index is 4100. The van der Waals surface area contributed by atoms with Gasteiger partial charge < -0.3 is 28.9 Å². The Morgan fingerprint density at radius 1 is 0.614 bits per heavy atom. The van der Waals surface area contributed by atoms with Crippen molar-refractivity contribution in [3.8, 4) is 5.75 Å². The van der Waals surface area contributed by atoms with Gasteiger partial charge >= 0.3 is 5.97 Å². The smallest absolute Gasteiger partial charge is 0.337 e. The van der Waals surface area contributed by atoms with E-state index >= 15 is 0 Å². The lowest BCUT2D eigenvalue weighted by atomic mass is 10.0. The van der Waals surface area contributed by atoms with Gasteiger partial charge in [0.2, 0.25) is 0 Å². The molecule has 11 aromatic rings. The molecule has 6 aromatic carbocycles. The number of nitrogens with one attached hydrogen (secondary N) is 2. The van der Waals surface area contributed by atoms with Gasteiger partial charge in [-0.3, -0.25) is 0 Å². The molecule has 4 aliphatic carbocycles. The molecule has 0 unspecified atom stereocenters. The van der Waals surface area contributed by atoms with Crippen LogP contribution in [0.2, 0.25) is 5.02 Å². The van der Waals surface area contributed by atoms with Gasteiger partial charge in [-0.2, -0.15) is 0 Å². The molecule has 0 radical (unpaired) electrons. The van der Waals surface area contributed by atoms with Crippen molar-refractivity contribution in [1.29, 1.82) is 0 Å². The van der Waals surface area contributed by atoms with Crippen LogP contribution in [0.25, 0.3) is 54.5 Å². The van der Waals surface area contributed by atoms with E-state index in [4.69, 9.17) is 21.3 Å². The van der Waals surface area contributed by atoms with Crippen molar-refractivity contribution >= 4 is 72.1 Å². The lowest BCUT2D eigenvalue weighted by molar-refractivity contribution is 0.0698. The monoisotopic (exact) mass is 1120 g/mol. The van der Waals surface area contributed by atoms with Gasteiger partial charge in [0.15, 0.2) is 0 Å². The summed E-state index contributed by atoms with van der Waals surface area (Å²) in [5.74, 6) is 0.746. The van der Waals surface area contributed by atoms with Crippen LogP contribution in [0.3, 0.4) is 0 Å². The maximum atomic E-state index is 11.8. The Balaban J connectivity index is 0.000000113. The van der Waals surface area contributed by atoms with E-state index in [2.05, 4.69) is 143 Å². The first kappa shape index (κ1) is 56.0. The summed E-state index contributed by atoms with van der Waals surface area (Å²) < 4.78 is 10.9. The van der Waals surface area contributed by atoms with E-state index in [1.165, 1.54) is 181 Å². The number of rotatable bonds is 7. The van der Waals surface area contributed by atoms with Crippen LogP contribution >= 0.6 is 11.6 Å². The molecule has 0 saturated heterocycles. The molecule has 15 rings (SSSR count). The van der Waals surface area contributed by atoms with Crippen LogP contribution in [0.5, 0.6) is 5.75 Å². The van der Waals surface area contributed by atoms with E-state index in [9.17, 15) is 9.90 Å². The van der Waals surface area contributed by atoms with Crippen LogP contribution in [0, 0.1) is 6.92 Å². The SMILES string of the molecule is CCn1c2c(c3cc(OCc4ccc5ccccc5n4)ccc31)CCCCC2.C[C@H]1CCCCc2c1[nH]c1ccc(Cl)cc21.Cc1cccc(Cn2c3c(c4cccc(C(=O)O)c42)CCCCC3)c1.c1ccc2c3c([nH]c2c1)CCCCC3. The molecule has 5 aromatic heterocycles. The third-order valence-electron chi connectivity index (χ3n) is 18.2. The number of para-hydroxylation sites is 3. The number of carboxylic acid groups (broad SMARTS) is 1.